The Bertz CT molecular complexity index is 1300. The third-order valence-corrected chi connectivity index (χ3v) is 5.92. The number of carbonyl (C=O) groups is 2. The lowest BCUT2D eigenvalue weighted by Crippen LogP contribution is -2.45. The van der Waals surface area contributed by atoms with Crippen molar-refractivity contribution in [3.63, 3.8) is 0 Å². The summed E-state index contributed by atoms with van der Waals surface area (Å²) in [6.45, 7) is 4.91. The molecule has 1 amide bonds. The van der Waals surface area contributed by atoms with Crippen molar-refractivity contribution in [2.75, 3.05) is 17.3 Å². The molecule has 0 saturated carbocycles. The minimum absolute atomic E-state index is 0.108. The van der Waals surface area contributed by atoms with E-state index in [1.165, 1.54) is 13.0 Å². The average molecular weight is 487 g/mol. The van der Waals surface area contributed by atoms with Gasteiger partial charge >= 0.3 is 6.18 Å². The normalized spacial score (nSPS) is 15.7. The van der Waals surface area contributed by atoms with E-state index in [1.807, 2.05) is 18.9 Å². The number of nitrogens with one attached hydrogen (secondary N) is 1. The number of likely N-dealkylation sites (N-methyl/N-ethyl adjacent to an activating group) is 1. The molecule has 0 spiro atoms. The molecule has 0 aliphatic carbocycles. The van der Waals surface area contributed by atoms with Gasteiger partial charge in [-0.2, -0.15) is 18.3 Å². The van der Waals surface area contributed by atoms with Crippen LogP contribution in [0.3, 0.4) is 0 Å². The number of pyridine rings is 1. The van der Waals surface area contributed by atoms with Gasteiger partial charge in [-0.15, -0.1) is 0 Å². The zero-order valence-corrected chi connectivity index (χ0v) is 19.6. The Morgan fingerprint density at radius 3 is 2.60 bits per heavy atom. The number of carbonyl (C=O) groups excluding carboxylic acids is 2. The molecule has 1 atom stereocenters. The molecule has 0 aromatic carbocycles. The topological polar surface area (TPSA) is 106 Å². The number of hydrogen-bond acceptors (Lipinski definition) is 7. The van der Waals surface area contributed by atoms with Gasteiger partial charge in [0.25, 0.3) is 0 Å². The summed E-state index contributed by atoms with van der Waals surface area (Å²) >= 11 is 0. The van der Waals surface area contributed by atoms with Gasteiger partial charge in [-0.05, 0) is 31.9 Å². The van der Waals surface area contributed by atoms with E-state index in [4.69, 9.17) is 0 Å². The number of rotatable bonds is 6. The predicted molar refractivity (Wildman–Crippen MR) is 121 cm³/mol. The molecule has 0 radical (unpaired) electrons. The molecule has 3 aromatic heterocycles. The Hall–Kier alpha value is -3.83. The third-order valence-electron chi connectivity index (χ3n) is 5.92. The Kier molecular flexibility index (Phi) is 6.30. The molecule has 0 fully saturated rings. The zero-order valence-electron chi connectivity index (χ0n) is 19.6. The Morgan fingerprint density at radius 2 is 1.91 bits per heavy atom. The molecule has 9 nitrogen and oxygen atoms in total. The van der Waals surface area contributed by atoms with Gasteiger partial charge < -0.3 is 10.2 Å². The number of Topliss-reactive ketones (excluding diaryl/α,β-unsaturated/α-hetero) is 1. The van der Waals surface area contributed by atoms with Crippen LogP contribution < -0.4 is 10.2 Å². The fourth-order valence-electron chi connectivity index (χ4n) is 3.85. The first-order valence-corrected chi connectivity index (χ1v) is 10.9. The SMILES string of the molecule is CC(=O)c1nc(C(F)(F)F)ccc1Cn1cc(CCc2nc(C)c3c(n2)N(C)[C@@H](C)C(=O)N3)cn1. The molecule has 1 aliphatic heterocycles. The molecule has 184 valence electrons. The van der Waals surface area contributed by atoms with Crippen LogP contribution in [0.25, 0.3) is 0 Å². The van der Waals surface area contributed by atoms with Crippen LogP contribution in [0.4, 0.5) is 24.7 Å². The first kappa shape index (κ1) is 24.3. The number of halogens is 3. The summed E-state index contributed by atoms with van der Waals surface area (Å²) < 4.78 is 40.5. The summed E-state index contributed by atoms with van der Waals surface area (Å²) in [7, 11) is 1.81. The van der Waals surface area contributed by atoms with Crippen LogP contribution in [0.5, 0.6) is 0 Å². The molecule has 0 unspecified atom stereocenters. The second-order valence-corrected chi connectivity index (χ2v) is 8.50. The number of nitrogens with zero attached hydrogens (tertiary/aromatic N) is 6. The molecular formula is C23H24F3N7O2. The maximum Gasteiger partial charge on any atom is 0.433 e. The van der Waals surface area contributed by atoms with Crippen molar-refractivity contribution >= 4 is 23.2 Å². The molecule has 4 rings (SSSR count). The first-order valence-electron chi connectivity index (χ1n) is 10.9. The van der Waals surface area contributed by atoms with Gasteiger partial charge in [0.2, 0.25) is 5.91 Å². The van der Waals surface area contributed by atoms with Gasteiger partial charge in [-0.1, -0.05) is 6.07 Å². The van der Waals surface area contributed by atoms with Gasteiger partial charge in [-0.3, -0.25) is 14.3 Å². The van der Waals surface area contributed by atoms with Crippen molar-refractivity contribution in [3.05, 3.63) is 58.6 Å². The van der Waals surface area contributed by atoms with E-state index in [1.54, 1.807) is 24.0 Å². The number of aromatic nitrogens is 5. The molecule has 4 heterocycles. The Labute approximate surface area is 199 Å². The summed E-state index contributed by atoms with van der Waals surface area (Å²) in [5, 5.41) is 7.12. The standard InChI is InChI=1S/C23H24F3N7O2/c1-12-19-21(32(4)13(2)22(35)31-19)30-18(28-12)8-5-15-9-27-33(10-15)11-16-6-7-17(23(24,25)26)29-20(16)14(3)34/h6-7,9-10,13H,5,8,11H2,1-4H3,(H,31,35)/t13-/m0/s1. The number of hydrogen-bond donors (Lipinski definition) is 1. The lowest BCUT2D eigenvalue weighted by Gasteiger charge is -2.32. The van der Waals surface area contributed by atoms with E-state index in [0.717, 1.165) is 11.6 Å². The van der Waals surface area contributed by atoms with Crippen molar-refractivity contribution in [1.82, 2.24) is 24.7 Å². The fourth-order valence-corrected chi connectivity index (χ4v) is 3.85. The van der Waals surface area contributed by atoms with Gasteiger partial charge in [-0.25, -0.2) is 15.0 Å². The largest absolute Gasteiger partial charge is 0.433 e. The van der Waals surface area contributed by atoms with Crippen LogP contribution >= 0.6 is 0 Å². The molecular weight excluding hydrogens is 463 g/mol. The van der Waals surface area contributed by atoms with E-state index < -0.39 is 17.7 Å². The summed E-state index contributed by atoms with van der Waals surface area (Å²) in [5.74, 6) is 0.633. The maximum atomic E-state index is 13.0. The summed E-state index contributed by atoms with van der Waals surface area (Å²) in [6.07, 6.45) is -0.103. The summed E-state index contributed by atoms with van der Waals surface area (Å²) in [5.41, 5.74) is 1.20. The molecule has 1 N–H and O–H groups in total. The highest BCUT2D eigenvalue weighted by molar-refractivity contribution is 6.02. The van der Waals surface area contributed by atoms with Crippen LogP contribution in [0.2, 0.25) is 0 Å². The monoisotopic (exact) mass is 487 g/mol. The van der Waals surface area contributed by atoms with E-state index in [-0.39, 0.29) is 24.2 Å². The van der Waals surface area contributed by atoms with Crippen molar-refractivity contribution in [1.29, 1.82) is 0 Å². The molecule has 3 aromatic rings. The van der Waals surface area contributed by atoms with Gasteiger partial charge in [0.1, 0.15) is 28.9 Å². The van der Waals surface area contributed by atoms with Crippen LogP contribution in [-0.4, -0.2) is 49.5 Å². The maximum absolute atomic E-state index is 13.0. The number of alkyl halides is 3. The first-order chi connectivity index (χ1) is 16.4. The number of ketones is 1. The fraction of sp³-hybridized carbons (Fsp3) is 0.391. The zero-order chi connectivity index (χ0) is 25.5. The van der Waals surface area contributed by atoms with Gasteiger partial charge in [0.05, 0.1) is 18.4 Å². The highest BCUT2D eigenvalue weighted by Gasteiger charge is 2.33. The Balaban J connectivity index is 1.48. The lowest BCUT2D eigenvalue weighted by molar-refractivity contribution is -0.141. The number of fused-ring (bicyclic) bond motifs is 1. The van der Waals surface area contributed by atoms with Crippen molar-refractivity contribution < 1.29 is 22.8 Å². The number of amides is 1. The third kappa shape index (κ3) is 5.00. The molecule has 1 aliphatic rings. The summed E-state index contributed by atoms with van der Waals surface area (Å²) in [6, 6.07) is 1.78. The van der Waals surface area contributed by atoms with Gasteiger partial charge in [0.15, 0.2) is 11.6 Å². The second-order valence-electron chi connectivity index (χ2n) is 8.50. The average Bonchev–Trinajstić information content (AvgIpc) is 3.23. The molecule has 12 heteroatoms. The van der Waals surface area contributed by atoms with Gasteiger partial charge in [0, 0.05) is 32.2 Å². The van der Waals surface area contributed by atoms with Crippen LogP contribution in [0.1, 0.15) is 52.7 Å². The molecule has 35 heavy (non-hydrogen) atoms. The highest BCUT2D eigenvalue weighted by atomic mass is 19.4. The highest BCUT2D eigenvalue weighted by Crippen LogP contribution is 2.31. The van der Waals surface area contributed by atoms with Crippen molar-refractivity contribution in [2.45, 2.75) is 52.4 Å². The van der Waals surface area contributed by atoms with Crippen LogP contribution in [0.15, 0.2) is 24.5 Å². The number of anilines is 2. The molecule has 0 bridgehead atoms. The van der Waals surface area contributed by atoms with E-state index in [2.05, 4.69) is 25.4 Å². The minimum atomic E-state index is -4.63. The predicted octanol–water partition coefficient (Wildman–Crippen LogP) is 3.21. The second kappa shape index (κ2) is 9.08. The van der Waals surface area contributed by atoms with Crippen LogP contribution in [-0.2, 0) is 30.4 Å². The van der Waals surface area contributed by atoms with Crippen LogP contribution in [0, 0.1) is 6.92 Å². The lowest BCUT2D eigenvalue weighted by atomic mass is 10.1. The quantitative estimate of drug-likeness (QED) is 0.532. The van der Waals surface area contributed by atoms with E-state index in [9.17, 15) is 22.8 Å². The smallest absolute Gasteiger partial charge is 0.346 e. The Morgan fingerprint density at radius 1 is 1.17 bits per heavy atom. The minimum Gasteiger partial charge on any atom is -0.346 e. The van der Waals surface area contributed by atoms with Crippen molar-refractivity contribution in [3.8, 4) is 0 Å². The van der Waals surface area contributed by atoms with E-state index in [0.29, 0.717) is 41.4 Å². The number of aryl methyl sites for hydroxylation is 3. The van der Waals surface area contributed by atoms with E-state index >= 15 is 0 Å². The molecule has 0 saturated heterocycles. The summed E-state index contributed by atoms with van der Waals surface area (Å²) in [4.78, 5) is 38.4. The van der Waals surface area contributed by atoms with Crippen molar-refractivity contribution in [2.24, 2.45) is 0 Å².